The van der Waals surface area contributed by atoms with Crippen molar-refractivity contribution in [3.05, 3.63) is 68.7 Å². The first-order valence-electron chi connectivity index (χ1n) is 6.47. The van der Waals surface area contributed by atoms with Gasteiger partial charge in [0.1, 0.15) is 5.78 Å². The maximum Gasteiger partial charge on any atom is 0.141 e. The third-order valence-corrected chi connectivity index (χ3v) is 3.96. The summed E-state index contributed by atoms with van der Waals surface area (Å²) in [4.78, 5) is 12.1. The highest BCUT2D eigenvalue weighted by Crippen LogP contribution is 2.22. The maximum absolute atomic E-state index is 12.1. The summed E-state index contributed by atoms with van der Waals surface area (Å²) < 4.78 is 0. The summed E-state index contributed by atoms with van der Waals surface area (Å²) in [6, 6.07) is 11.4. The number of ketones is 1. The van der Waals surface area contributed by atoms with Crippen LogP contribution in [0.3, 0.4) is 0 Å². The molecule has 0 aromatic heterocycles. The molecule has 3 heteroatoms. The van der Waals surface area contributed by atoms with Crippen LogP contribution in [-0.4, -0.2) is 5.78 Å². The van der Waals surface area contributed by atoms with Crippen molar-refractivity contribution in [2.45, 2.75) is 26.7 Å². The lowest BCUT2D eigenvalue weighted by atomic mass is 9.99. The molecule has 0 spiro atoms. The van der Waals surface area contributed by atoms with Crippen molar-refractivity contribution < 1.29 is 4.79 Å². The van der Waals surface area contributed by atoms with E-state index in [1.807, 2.05) is 18.2 Å². The van der Waals surface area contributed by atoms with Gasteiger partial charge in [-0.15, -0.1) is 0 Å². The molecule has 2 rings (SSSR count). The minimum absolute atomic E-state index is 0.150. The Morgan fingerprint density at radius 3 is 2.35 bits per heavy atom. The molecule has 0 aliphatic heterocycles. The van der Waals surface area contributed by atoms with Gasteiger partial charge in [0.2, 0.25) is 0 Å². The molecule has 0 saturated heterocycles. The van der Waals surface area contributed by atoms with Crippen LogP contribution < -0.4 is 0 Å². The smallest absolute Gasteiger partial charge is 0.141 e. The quantitative estimate of drug-likeness (QED) is 0.780. The van der Waals surface area contributed by atoms with Crippen LogP contribution in [0.25, 0.3) is 0 Å². The molecule has 0 bridgehead atoms. The van der Waals surface area contributed by atoms with Crippen molar-refractivity contribution in [3.8, 4) is 0 Å². The highest BCUT2D eigenvalue weighted by atomic mass is 35.5. The van der Waals surface area contributed by atoms with Crippen LogP contribution in [0, 0.1) is 13.8 Å². The zero-order valence-corrected chi connectivity index (χ0v) is 13.1. The first kappa shape index (κ1) is 15.1. The average Bonchev–Trinajstić information content (AvgIpc) is 2.37. The summed E-state index contributed by atoms with van der Waals surface area (Å²) >= 11 is 11.9. The van der Waals surface area contributed by atoms with Crippen LogP contribution in [0.2, 0.25) is 10.0 Å². The van der Waals surface area contributed by atoms with Gasteiger partial charge in [-0.05, 0) is 48.2 Å². The second-order valence-corrected chi connectivity index (χ2v) is 5.89. The molecule has 104 valence electrons. The van der Waals surface area contributed by atoms with Gasteiger partial charge in [0.15, 0.2) is 0 Å². The molecule has 2 aromatic rings. The van der Waals surface area contributed by atoms with Gasteiger partial charge in [0, 0.05) is 22.9 Å². The molecule has 2 aromatic carbocycles. The molecule has 0 heterocycles. The summed E-state index contributed by atoms with van der Waals surface area (Å²) in [5.74, 6) is 0.150. The molecule has 0 N–H and O–H groups in total. The number of carbonyl (C=O) groups excluding carboxylic acids is 1. The number of benzene rings is 2. The molecule has 0 aliphatic rings. The number of halogens is 2. The fourth-order valence-corrected chi connectivity index (χ4v) is 2.56. The Labute approximate surface area is 129 Å². The van der Waals surface area contributed by atoms with E-state index in [2.05, 4.69) is 19.9 Å². The maximum atomic E-state index is 12.1. The van der Waals surface area contributed by atoms with Crippen LogP contribution in [0.4, 0.5) is 0 Å². The monoisotopic (exact) mass is 306 g/mol. The average molecular weight is 307 g/mol. The second kappa shape index (κ2) is 6.43. The van der Waals surface area contributed by atoms with Crippen molar-refractivity contribution >= 4 is 29.0 Å². The fraction of sp³-hybridized carbons (Fsp3) is 0.235. The standard InChI is InChI=1S/C17H16Cl2O/c1-11-3-4-13(7-12(11)2)8-16(20)9-14-5-6-15(18)10-17(14)19/h3-7,10H,8-9H2,1-2H3. The van der Waals surface area contributed by atoms with E-state index in [1.165, 1.54) is 11.1 Å². The third-order valence-electron chi connectivity index (χ3n) is 3.38. The largest absolute Gasteiger partial charge is 0.299 e. The molecule has 0 amide bonds. The Morgan fingerprint density at radius 2 is 1.70 bits per heavy atom. The third kappa shape index (κ3) is 3.84. The fourth-order valence-electron chi connectivity index (χ4n) is 2.08. The Balaban J connectivity index is 2.07. The number of carbonyl (C=O) groups is 1. The molecule has 0 unspecified atom stereocenters. The second-order valence-electron chi connectivity index (χ2n) is 5.05. The normalized spacial score (nSPS) is 10.6. The molecule has 0 saturated carbocycles. The lowest BCUT2D eigenvalue weighted by Crippen LogP contribution is -2.07. The zero-order chi connectivity index (χ0) is 14.7. The zero-order valence-electron chi connectivity index (χ0n) is 11.5. The van der Waals surface area contributed by atoms with Crippen LogP contribution in [0.15, 0.2) is 36.4 Å². The van der Waals surface area contributed by atoms with Crippen LogP contribution in [0.1, 0.15) is 22.3 Å². The van der Waals surface area contributed by atoms with E-state index in [9.17, 15) is 4.79 Å². The lowest BCUT2D eigenvalue weighted by molar-refractivity contribution is -0.117. The number of aryl methyl sites for hydroxylation is 2. The lowest BCUT2D eigenvalue weighted by Gasteiger charge is -2.06. The van der Waals surface area contributed by atoms with Crippen molar-refractivity contribution in [3.63, 3.8) is 0 Å². The molecule has 1 nitrogen and oxygen atoms in total. The summed E-state index contributed by atoms with van der Waals surface area (Å²) in [5, 5.41) is 1.13. The number of hydrogen-bond donors (Lipinski definition) is 0. The Morgan fingerprint density at radius 1 is 0.950 bits per heavy atom. The van der Waals surface area contributed by atoms with Gasteiger partial charge in [-0.1, -0.05) is 47.5 Å². The summed E-state index contributed by atoms with van der Waals surface area (Å²) in [6.07, 6.45) is 0.767. The highest BCUT2D eigenvalue weighted by molar-refractivity contribution is 6.35. The molecular weight excluding hydrogens is 291 g/mol. The number of rotatable bonds is 4. The van der Waals surface area contributed by atoms with E-state index in [4.69, 9.17) is 23.2 Å². The highest BCUT2D eigenvalue weighted by Gasteiger charge is 2.09. The van der Waals surface area contributed by atoms with Gasteiger partial charge in [-0.2, -0.15) is 0 Å². The summed E-state index contributed by atoms with van der Waals surface area (Å²) in [5.41, 5.74) is 4.31. The van der Waals surface area contributed by atoms with Crippen molar-refractivity contribution in [2.24, 2.45) is 0 Å². The minimum atomic E-state index is 0.150. The Kier molecular flexibility index (Phi) is 4.85. The summed E-state index contributed by atoms with van der Waals surface area (Å²) in [6.45, 7) is 4.12. The van der Waals surface area contributed by atoms with Crippen LogP contribution >= 0.6 is 23.2 Å². The van der Waals surface area contributed by atoms with E-state index in [-0.39, 0.29) is 5.78 Å². The van der Waals surface area contributed by atoms with E-state index in [0.29, 0.717) is 22.9 Å². The molecule has 0 aliphatic carbocycles. The molecule has 0 radical (unpaired) electrons. The van der Waals surface area contributed by atoms with Gasteiger partial charge in [-0.3, -0.25) is 4.79 Å². The molecule has 0 fully saturated rings. The van der Waals surface area contributed by atoms with Gasteiger partial charge in [-0.25, -0.2) is 0 Å². The van der Waals surface area contributed by atoms with E-state index in [1.54, 1.807) is 12.1 Å². The van der Waals surface area contributed by atoms with E-state index < -0.39 is 0 Å². The SMILES string of the molecule is Cc1ccc(CC(=O)Cc2ccc(Cl)cc2Cl)cc1C. The van der Waals surface area contributed by atoms with Crippen molar-refractivity contribution in [2.75, 3.05) is 0 Å². The minimum Gasteiger partial charge on any atom is -0.299 e. The predicted octanol–water partition coefficient (Wildman–Crippen LogP) is 4.96. The van der Waals surface area contributed by atoms with Gasteiger partial charge in [0.05, 0.1) is 0 Å². The first-order chi connectivity index (χ1) is 9.45. The molecular formula is C17H16Cl2O. The number of hydrogen-bond acceptors (Lipinski definition) is 1. The molecule has 0 atom stereocenters. The topological polar surface area (TPSA) is 17.1 Å². The van der Waals surface area contributed by atoms with Crippen molar-refractivity contribution in [1.82, 2.24) is 0 Å². The van der Waals surface area contributed by atoms with Crippen molar-refractivity contribution in [1.29, 1.82) is 0 Å². The van der Waals surface area contributed by atoms with E-state index >= 15 is 0 Å². The predicted molar refractivity (Wildman–Crippen MR) is 84.8 cm³/mol. The van der Waals surface area contributed by atoms with Crippen LogP contribution in [-0.2, 0) is 17.6 Å². The van der Waals surface area contributed by atoms with Gasteiger partial charge < -0.3 is 0 Å². The Hall–Kier alpha value is -1.31. The number of Topliss-reactive ketones (excluding diaryl/α,β-unsaturated/α-hetero) is 1. The Bertz CT molecular complexity index is 647. The van der Waals surface area contributed by atoms with Gasteiger partial charge in [0.25, 0.3) is 0 Å². The molecule has 20 heavy (non-hydrogen) atoms. The first-order valence-corrected chi connectivity index (χ1v) is 7.23. The summed E-state index contributed by atoms with van der Waals surface area (Å²) in [7, 11) is 0. The van der Waals surface area contributed by atoms with E-state index in [0.717, 1.165) is 11.1 Å². The van der Waals surface area contributed by atoms with Gasteiger partial charge >= 0.3 is 0 Å². The van der Waals surface area contributed by atoms with Crippen LogP contribution in [0.5, 0.6) is 0 Å².